The Morgan fingerprint density at radius 1 is 1.11 bits per heavy atom. The first-order valence-electron chi connectivity index (χ1n) is 8.77. The van der Waals surface area contributed by atoms with Gasteiger partial charge in [-0.3, -0.25) is 14.4 Å². The molecular formula is C21H21NO6. The van der Waals surface area contributed by atoms with Crippen molar-refractivity contribution in [3.05, 3.63) is 65.2 Å². The SMILES string of the molecule is COC(=O)CN1C(=O)Cc2ccccc2[C@H](C(=O)O)[C@H]1c1ccc(OC)cc1. The predicted molar refractivity (Wildman–Crippen MR) is 100.0 cm³/mol. The van der Waals surface area contributed by atoms with Crippen molar-refractivity contribution in [2.45, 2.75) is 18.4 Å². The van der Waals surface area contributed by atoms with Crippen molar-refractivity contribution >= 4 is 17.8 Å². The molecule has 0 spiro atoms. The highest BCUT2D eigenvalue weighted by molar-refractivity contribution is 5.88. The quantitative estimate of drug-likeness (QED) is 0.796. The molecule has 0 radical (unpaired) electrons. The first-order chi connectivity index (χ1) is 13.5. The topological polar surface area (TPSA) is 93.1 Å². The summed E-state index contributed by atoms with van der Waals surface area (Å²) in [6.45, 7) is -0.330. The van der Waals surface area contributed by atoms with Crippen LogP contribution in [0.1, 0.15) is 28.7 Å². The summed E-state index contributed by atoms with van der Waals surface area (Å²) in [7, 11) is 2.76. The van der Waals surface area contributed by atoms with Crippen LogP contribution in [0.3, 0.4) is 0 Å². The van der Waals surface area contributed by atoms with Gasteiger partial charge >= 0.3 is 11.9 Å². The Labute approximate surface area is 162 Å². The maximum Gasteiger partial charge on any atom is 0.325 e. The Morgan fingerprint density at radius 3 is 2.39 bits per heavy atom. The van der Waals surface area contributed by atoms with Crippen molar-refractivity contribution in [3.8, 4) is 5.75 Å². The lowest BCUT2D eigenvalue weighted by atomic mass is 9.84. The minimum absolute atomic E-state index is 0.0175. The lowest BCUT2D eigenvalue weighted by Gasteiger charge is -2.33. The Morgan fingerprint density at radius 2 is 1.79 bits per heavy atom. The molecule has 0 aliphatic carbocycles. The van der Waals surface area contributed by atoms with E-state index in [2.05, 4.69) is 0 Å². The zero-order valence-corrected chi connectivity index (χ0v) is 15.6. The van der Waals surface area contributed by atoms with Crippen LogP contribution in [0.15, 0.2) is 48.5 Å². The summed E-state index contributed by atoms with van der Waals surface area (Å²) in [4.78, 5) is 38.6. The lowest BCUT2D eigenvalue weighted by Crippen LogP contribution is -2.42. The molecule has 146 valence electrons. The summed E-state index contributed by atoms with van der Waals surface area (Å²) in [6.07, 6.45) is 0.0175. The Bertz CT molecular complexity index is 892. The van der Waals surface area contributed by atoms with E-state index in [-0.39, 0.29) is 18.9 Å². The van der Waals surface area contributed by atoms with Gasteiger partial charge in [0.2, 0.25) is 5.91 Å². The van der Waals surface area contributed by atoms with E-state index in [0.717, 1.165) is 0 Å². The molecule has 7 heteroatoms. The number of rotatable bonds is 5. The molecule has 0 unspecified atom stereocenters. The number of carbonyl (C=O) groups excluding carboxylic acids is 2. The van der Waals surface area contributed by atoms with E-state index in [1.807, 2.05) is 0 Å². The van der Waals surface area contributed by atoms with Crippen molar-refractivity contribution in [1.82, 2.24) is 4.90 Å². The van der Waals surface area contributed by atoms with Gasteiger partial charge in [0.05, 0.1) is 26.7 Å². The number of nitrogens with zero attached hydrogens (tertiary/aromatic N) is 1. The molecule has 1 aliphatic rings. The molecule has 0 saturated carbocycles. The Balaban J connectivity index is 2.18. The number of aliphatic carboxylic acids is 1. The highest BCUT2D eigenvalue weighted by atomic mass is 16.5. The minimum atomic E-state index is -1.07. The molecule has 0 aromatic heterocycles. The summed E-state index contributed by atoms with van der Waals surface area (Å²) in [6, 6.07) is 12.9. The first kappa shape index (κ1) is 19.4. The van der Waals surface area contributed by atoms with Crippen molar-refractivity contribution in [3.63, 3.8) is 0 Å². The highest BCUT2D eigenvalue weighted by Gasteiger charge is 2.42. The number of carbonyl (C=O) groups is 3. The Hall–Kier alpha value is -3.35. The molecule has 7 nitrogen and oxygen atoms in total. The molecule has 2 aromatic carbocycles. The van der Waals surface area contributed by atoms with Gasteiger partial charge in [-0.25, -0.2) is 0 Å². The summed E-state index contributed by atoms with van der Waals surface area (Å²) >= 11 is 0. The molecule has 2 aromatic rings. The van der Waals surface area contributed by atoms with Crippen molar-refractivity contribution in [2.75, 3.05) is 20.8 Å². The highest BCUT2D eigenvalue weighted by Crippen LogP contribution is 2.41. The zero-order chi connectivity index (χ0) is 20.3. The number of esters is 1. The molecule has 1 amide bonds. The van der Waals surface area contributed by atoms with Crippen molar-refractivity contribution < 1.29 is 29.0 Å². The van der Waals surface area contributed by atoms with Crippen LogP contribution in [0.25, 0.3) is 0 Å². The number of hydrogen-bond donors (Lipinski definition) is 1. The third kappa shape index (κ3) is 3.69. The average molecular weight is 383 g/mol. The van der Waals surface area contributed by atoms with Gasteiger partial charge in [-0.05, 0) is 28.8 Å². The van der Waals surface area contributed by atoms with Crippen LogP contribution in [-0.4, -0.2) is 48.6 Å². The van der Waals surface area contributed by atoms with Crippen LogP contribution in [0.4, 0.5) is 0 Å². The van der Waals surface area contributed by atoms with Gasteiger partial charge < -0.3 is 19.5 Å². The lowest BCUT2D eigenvalue weighted by molar-refractivity contribution is -0.151. The fourth-order valence-electron chi connectivity index (χ4n) is 3.60. The zero-order valence-electron chi connectivity index (χ0n) is 15.6. The summed E-state index contributed by atoms with van der Waals surface area (Å²) in [5.41, 5.74) is 1.81. The molecule has 28 heavy (non-hydrogen) atoms. The normalized spacial score (nSPS) is 18.8. The molecule has 2 atom stereocenters. The Kier molecular flexibility index (Phi) is 5.63. The number of methoxy groups -OCH3 is 2. The van der Waals surface area contributed by atoms with E-state index in [9.17, 15) is 19.5 Å². The summed E-state index contributed by atoms with van der Waals surface area (Å²) in [5.74, 6) is -2.43. The number of benzene rings is 2. The third-order valence-electron chi connectivity index (χ3n) is 4.95. The van der Waals surface area contributed by atoms with Gasteiger partial charge in [0.1, 0.15) is 18.2 Å². The van der Waals surface area contributed by atoms with Crippen molar-refractivity contribution in [1.29, 1.82) is 0 Å². The van der Waals surface area contributed by atoms with Crippen LogP contribution in [0.2, 0.25) is 0 Å². The van der Waals surface area contributed by atoms with E-state index in [1.54, 1.807) is 48.5 Å². The molecule has 1 heterocycles. The number of carboxylic acid groups (broad SMARTS) is 1. The molecule has 1 aliphatic heterocycles. The van der Waals surface area contributed by atoms with Gasteiger partial charge in [-0.15, -0.1) is 0 Å². The fourth-order valence-corrected chi connectivity index (χ4v) is 3.60. The van der Waals surface area contributed by atoms with Crippen molar-refractivity contribution in [2.24, 2.45) is 0 Å². The third-order valence-corrected chi connectivity index (χ3v) is 4.95. The van der Waals surface area contributed by atoms with E-state index >= 15 is 0 Å². The summed E-state index contributed by atoms with van der Waals surface area (Å²) < 4.78 is 9.91. The summed E-state index contributed by atoms with van der Waals surface area (Å²) in [5, 5.41) is 10.1. The van der Waals surface area contributed by atoms with Crippen LogP contribution < -0.4 is 4.74 Å². The monoisotopic (exact) mass is 383 g/mol. The van der Waals surface area contributed by atoms with E-state index < -0.39 is 23.9 Å². The van der Waals surface area contributed by atoms with E-state index in [4.69, 9.17) is 9.47 Å². The molecule has 0 saturated heterocycles. The van der Waals surface area contributed by atoms with Gasteiger partial charge in [0.15, 0.2) is 0 Å². The molecule has 0 bridgehead atoms. The number of carboxylic acids is 1. The number of hydrogen-bond acceptors (Lipinski definition) is 5. The second-order valence-electron chi connectivity index (χ2n) is 6.51. The first-order valence-corrected chi connectivity index (χ1v) is 8.77. The predicted octanol–water partition coefficient (Wildman–Crippen LogP) is 2.16. The van der Waals surface area contributed by atoms with Gasteiger partial charge in [0.25, 0.3) is 0 Å². The van der Waals surface area contributed by atoms with Gasteiger partial charge in [-0.2, -0.15) is 0 Å². The van der Waals surface area contributed by atoms with Crippen LogP contribution in [-0.2, 0) is 25.5 Å². The van der Waals surface area contributed by atoms with E-state index in [0.29, 0.717) is 22.4 Å². The second-order valence-corrected chi connectivity index (χ2v) is 6.51. The van der Waals surface area contributed by atoms with E-state index in [1.165, 1.54) is 19.1 Å². The minimum Gasteiger partial charge on any atom is -0.497 e. The number of fused-ring (bicyclic) bond motifs is 1. The maximum absolute atomic E-state index is 13.0. The fraction of sp³-hybridized carbons (Fsp3) is 0.286. The van der Waals surface area contributed by atoms with Gasteiger partial charge in [0, 0.05) is 0 Å². The van der Waals surface area contributed by atoms with Crippen LogP contribution in [0, 0.1) is 0 Å². The average Bonchev–Trinajstić information content (AvgIpc) is 2.82. The molecular weight excluding hydrogens is 362 g/mol. The largest absolute Gasteiger partial charge is 0.497 e. The number of amides is 1. The second kappa shape index (κ2) is 8.12. The number of ether oxygens (including phenoxy) is 2. The van der Waals surface area contributed by atoms with Crippen LogP contribution in [0.5, 0.6) is 5.75 Å². The molecule has 1 N–H and O–H groups in total. The van der Waals surface area contributed by atoms with Gasteiger partial charge in [-0.1, -0.05) is 36.4 Å². The molecule has 3 rings (SSSR count). The molecule has 0 fully saturated rings. The van der Waals surface area contributed by atoms with Crippen LogP contribution >= 0.6 is 0 Å². The smallest absolute Gasteiger partial charge is 0.325 e. The maximum atomic E-state index is 13.0. The standard InChI is InChI=1S/C21H21NO6/c1-27-15-9-7-13(8-10-15)20-19(21(25)26)16-6-4-3-5-14(16)11-17(23)22(20)12-18(24)28-2/h3-10,19-20H,11-12H2,1-2H3,(H,25,26)/t19-,20+/m0/s1.